The summed E-state index contributed by atoms with van der Waals surface area (Å²) in [5, 5.41) is 1.14. The third-order valence-corrected chi connectivity index (χ3v) is 2.95. The Morgan fingerprint density at radius 3 is 2.94 bits per heavy atom. The van der Waals surface area contributed by atoms with E-state index in [-0.39, 0.29) is 5.97 Å². The van der Waals surface area contributed by atoms with Crippen LogP contribution in [-0.2, 0) is 16.0 Å². The van der Waals surface area contributed by atoms with Crippen LogP contribution in [0, 0.1) is 0 Å². The van der Waals surface area contributed by atoms with E-state index in [1.807, 2.05) is 30.1 Å². The van der Waals surface area contributed by atoms with Crippen LogP contribution in [0.5, 0.6) is 0 Å². The molecule has 18 heavy (non-hydrogen) atoms. The number of esters is 1. The molecule has 4 heteroatoms. The molecule has 1 aromatic heterocycles. The van der Waals surface area contributed by atoms with E-state index in [9.17, 15) is 4.79 Å². The van der Waals surface area contributed by atoms with Gasteiger partial charge in [0.2, 0.25) is 0 Å². The number of ether oxygens (including phenoxy) is 1. The van der Waals surface area contributed by atoms with Crippen LogP contribution in [-0.4, -0.2) is 38.1 Å². The van der Waals surface area contributed by atoms with Gasteiger partial charge in [-0.25, -0.2) is 0 Å². The summed E-state index contributed by atoms with van der Waals surface area (Å²) >= 11 is 0. The number of benzene rings is 1. The third-order valence-electron chi connectivity index (χ3n) is 2.95. The molecule has 0 radical (unpaired) electrons. The molecule has 0 bridgehead atoms. The van der Waals surface area contributed by atoms with Crippen molar-refractivity contribution in [2.45, 2.75) is 6.42 Å². The van der Waals surface area contributed by atoms with Gasteiger partial charge in [0, 0.05) is 11.9 Å². The molecular formula is C14H17NO3. The lowest BCUT2D eigenvalue weighted by Gasteiger charge is -2.14. The van der Waals surface area contributed by atoms with Crippen LogP contribution in [0.1, 0.15) is 5.56 Å². The number of carbonyl (C=O) groups is 1. The average Bonchev–Trinajstić information content (AvgIpc) is 2.79. The first kappa shape index (κ1) is 12.6. The number of para-hydroxylation sites is 1. The van der Waals surface area contributed by atoms with Crippen LogP contribution >= 0.6 is 0 Å². The van der Waals surface area contributed by atoms with Gasteiger partial charge < -0.3 is 9.15 Å². The second kappa shape index (κ2) is 5.69. The summed E-state index contributed by atoms with van der Waals surface area (Å²) in [7, 11) is 3.30. The molecule has 0 spiro atoms. The molecule has 0 aliphatic rings. The van der Waals surface area contributed by atoms with E-state index >= 15 is 0 Å². The van der Waals surface area contributed by atoms with Crippen LogP contribution in [0.25, 0.3) is 11.0 Å². The van der Waals surface area contributed by atoms with Crippen LogP contribution in [0.2, 0.25) is 0 Å². The molecule has 1 heterocycles. The number of hydrogen-bond acceptors (Lipinski definition) is 4. The highest BCUT2D eigenvalue weighted by Gasteiger charge is 2.09. The van der Waals surface area contributed by atoms with E-state index in [0.29, 0.717) is 6.54 Å². The van der Waals surface area contributed by atoms with Crippen LogP contribution in [0.3, 0.4) is 0 Å². The summed E-state index contributed by atoms with van der Waals surface area (Å²) < 4.78 is 10.1. The molecule has 0 saturated heterocycles. The molecule has 0 saturated carbocycles. The quantitative estimate of drug-likeness (QED) is 0.759. The molecule has 0 N–H and O–H groups in total. The van der Waals surface area contributed by atoms with E-state index in [4.69, 9.17) is 4.42 Å². The Morgan fingerprint density at radius 1 is 1.39 bits per heavy atom. The Bertz CT molecular complexity index is 533. The van der Waals surface area contributed by atoms with E-state index in [1.165, 1.54) is 12.7 Å². The maximum atomic E-state index is 11.1. The van der Waals surface area contributed by atoms with Gasteiger partial charge in [-0.1, -0.05) is 18.2 Å². The molecule has 0 atom stereocenters. The molecule has 1 aromatic carbocycles. The maximum Gasteiger partial charge on any atom is 0.319 e. The Hall–Kier alpha value is -1.81. The zero-order chi connectivity index (χ0) is 13.0. The molecule has 0 fully saturated rings. The lowest BCUT2D eigenvalue weighted by molar-refractivity contribution is -0.141. The number of hydrogen-bond donors (Lipinski definition) is 0. The minimum absolute atomic E-state index is 0.213. The van der Waals surface area contributed by atoms with Crippen molar-refractivity contribution in [2.24, 2.45) is 0 Å². The predicted octanol–water partition coefficient (Wildman–Crippen LogP) is 2.08. The lowest BCUT2D eigenvalue weighted by atomic mass is 10.1. The summed E-state index contributed by atoms with van der Waals surface area (Å²) in [5.74, 6) is -0.213. The van der Waals surface area contributed by atoms with Gasteiger partial charge in [-0.3, -0.25) is 9.69 Å². The van der Waals surface area contributed by atoms with Gasteiger partial charge in [-0.15, -0.1) is 0 Å². The fourth-order valence-electron chi connectivity index (χ4n) is 1.90. The van der Waals surface area contributed by atoms with Gasteiger partial charge in [0.1, 0.15) is 5.58 Å². The summed E-state index contributed by atoms with van der Waals surface area (Å²) in [6.07, 6.45) is 2.64. The highest BCUT2D eigenvalue weighted by Crippen LogP contribution is 2.20. The Labute approximate surface area is 106 Å². The van der Waals surface area contributed by atoms with E-state index < -0.39 is 0 Å². The summed E-state index contributed by atoms with van der Waals surface area (Å²) in [5.41, 5.74) is 2.07. The highest BCUT2D eigenvalue weighted by atomic mass is 16.5. The van der Waals surface area contributed by atoms with Crippen molar-refractivity contribution in [1.29, 1.82) is 0 Å². The van der Waals surface area contributed by atoms with Gasteiger partial charge in [0.15, 0.2) is 0 Å². The standard InChI is InChI=1S/C14H17NO3/c1-15(9-14(16)17-2)8-7-11-10-18-13-6-4-3-5-12(11)13/h3-6,10H,7-9H2,1-2H3. The van der Waals surface area contributed by atoms with Gasteiger partial charge in [-0.05, 0) is 25.1 Å². The number of rotatable bonds is 5. The van der Waals surface area contributed by atoms with E-state index in [1.54, 1.807) is 6.26 Å². The van der Waals surface area contributed by atoms with Gasteiger partial charge in [-0.2, -0.15) is 0 Å². The number of fused-ring (bicyclic) bond motifs is 1. The fraction of sp³-hybridized carbons (Fsp3) is 0.357. The number of carbonyl (C=O) groups excluding carboxylic acids is 1. The van der Waals surface area contributed by atoms with Crippen LogP contribution < -0.4 is 0 Å². The van der Waals surface area contributed by atoms with Gasteiger partial charge >= 0.3 is 5.97 Å². The summed E-state index contributed by atoms with van der Waals surface area (Å²) in [4.78, 5) is 13.1. The second-order valence-electron chi connectivity index (χ2n) is 4.32. The summed E-state index contributed by atoms with van der Waals surface area (Å²) in [6.45, 7) is 1.10. The maximum absolute atomic E-state index is 11.1. The number of furan rings is 1. The van der Waals surface area contributed by atoms with E-state index in [2.05, 4.69) is 10.8 Å². The number of likely N-dealkylation sites (N-methyl/N-ethyl adjacent to an activating group) is 1. The monoisotopic (exact) mass is 247 g/mol. The highest BCUT2D eigenvalue weighted by molar-refractivity contribution is 5.80. The molecule has 0 unspecified atom stereocenters. The van der Waals surface area contributed by atoms with E-state index in [0.717, 1.165) is 23.9 Å². The third kappa shape index (κ3) is 2.90. The van der Waals surface area contributed by atoms with Crippen molar-refractivity contribution in [3.05, 3.63) is 36.1 Å². The smallest absolute Gasteiger partial charge is 0.319 e. The first-order chi connectivity index (χ1) is 8.70. The normalized spacial score (nSPS) is 11.1. The van der Waals surface area contributed by atoms with Crippen molar-refractivity contribution in [2.75, 3.05) is 27.2 Å². The van der Waals surface area contributed by atoms with Crippen molar-refractivity contribution in [3.8, 4) is 0 Å². The zero-order valence-electron chi connectivity index (χ0n) is 10.7. The minimum atomic E-state index is -0.213. The Balaban J connectivity index is 1.96. The van der Waals surface area contributed by atoms with Gasteiger partial charge in [0.05, 0.1) is 19.9 Å². The predicted molar refractivity (Wildman–Crippen MR) is 69.4 cm³/mol. The minimum Gasteiger partial charge on any atom is -0.468 e. The molecule has 0 aliphatic heterocycles. The van der Waals surface area contributed by atoms with Crippen LogP contribution in [0.15, 0.2) is 34.9 Å². The summed E-state index contributed by atoms with van der Waals surface area (Å²) in [6, 6.07) is 7.96. The first-order valence-corrected chi connectivity index (χ1v) is 5.91. The molecule has 2 rings (SSSR count). The first-order valence-electron chi connectivity index (χ1n) is 5.91. The molecule has 96 valence electrons. The lowest BCUT2D eigenvalue weighted by Crippen LogP contribution is -2.28. The van der Waals surface area contributed by atoms with Crippen molar-refractivity contribution < 1.29 is 13.9 Å². The van der Waals surface area contributed by atoms with Gasteiger partial charge in [0.25, 0.3) is 0 Å². The largest absolute Gasteiger partial charge is 0.468 e. The van der Waals surface area contributed by atoms with Crippen molar-refractivity contribution in [3.63, 3.8) is 0 Å². The van der Waals surface area contributed by atoms with Crippen molar-refractivity contribution >= 4 is 16.9 Å². The molecule has 2 aromatic rings. The molecule has 0 aliphatic carbocycles. The zero-order valence-corrected chi connectivity index (χ0v) is 10.7. The number of nitrogens with zero attached hydrogens (tertiary/aromatic N) is 1. The Kier molecular flexibility index (Phi) is 3.99. The van der Waals surface area contributed by atoms with Crippen molar-refractivity contribution in [1.82, 2.24) is 4.90 Å². The fourth-order valence-corrected chi connectivity index (χ4v) is 1.90. The Morgan fingerprint density at radius 2 is 2.17 bits per heavy atom. The molecular weight excluding hydrogens is 230 g/mol. The number of methoxy groups -OCH3 is 1. The topological polar surface area (TPSA) is 42.7 Å². The van der Waals surface area contributed by atoms with Crippen LogP contribution in [0.4, 0.5) is 0 Å². The SMILES string of the molecule is COC(=O)CN(C)CCc1coc2ccccc12. The average molecular weight is 247 g/mol. The molecule has 4 nitrogen and oxygen atoms in total. The molecule has 0 amide bonds. The second-order valence-corrected chi connectivity index (χ2v) is 4.32.